The quantitative estimate of drug-likeness (QED) is 0.184. The minimum absolute atomic E-state index is 0.0938. The number of hydrogen-bond donors (Lipinski definition) is 6. The first-order valence-electron chi connectivity index (χ1n) is 9.16. The SMILES string of the molecule is CCC(C)C(N)C(=O)NC(CCSC)C(=O)NC(CC(N)=O)C(=O)NCC(=O)O. The Morgan fingerprint density at radius 1 is 1.03 bits per heavy atom. The van der Waals surface area contributed by atoms with Crippen molar-refractivity contribution in [2.45, 2.75) is 51.2 Å². The van der Waals surface area contributed by atoms with Crippen molar-refractivity contribution in [3.05, 3.63) is 0 Å². The van der Waals surface area contributed by atoms with E-state index in [1.807, 2.05) is 20.1 Å². The summed E-state index contributed by atoms with van der Waals surface area (Å²) >= 11 is 1.46. The molecule has 166 valence electrons. The van der Waals surface area contributed by atoms with Gasteiger partial charge in [0.15, 0.2) is 0 Å². The van der Waals surface area contributed by atoms with Gasteiger partial charge in [-0.3, -0.25) is 24.0 Å². The first-order chi connectivity index (χ1) is 13.5. The monoisotopic (exact) mass is 433 g/mol. The average Bonchev–Trinajstić information content (AvgIpc) is 2.66. The van der Waals surface area contributed by atoms with Crippen LogP contribution >= 0.6 is 11.8 Å². The van der Waals surface area contributed by atoms with Crippen LogP contribution < -0.4 is 27.4 Å². The number of hydrogen-bond acceptors (Lipinski definition) is 7. The predicted molar refractivity (Wildman–Crippen MR) is 109 cm³/mol. The van der Waals surface area contributed by atoms with Crippen molar-refractivity contribution in [2.75, 3.05) is 18.6 Å². The van der Waals surface area contributed by atoms with Crippen molar-refractivity contribution >= 4 is 41.4 Å². The molecular formula is C17H31N5O6S. The van der Waals surface area contributed by atoms with E-state index >= 15 is 0 Å². The van der Waals surface area contributed by atoms with E-state index in [0.717, 1.165) is 0 Å². The number of aliphatic carboxylic acids is 1. The number of nitrogens with two attached hydrogens (primary N) is 2. The Labute approximate surface area is 174 Å². The summed E-state index contributed by atoms with van der Waals surface area (Å²) in [6.07, 6.45) is 2.26. The molecule has 0 spiro atoms. The van der Waals surface area contributed by atoms with Crippen molar-refractivity contribution in [1.29, 1.82) is 0 Å². The maximum absolute atomic E-state index is 12.7. The van der Waals surface area contributed by atoms with Crippen LogP contribution in [0, 0.1) is 5.92 Å². The van der Waals surface area contributed by atoms with Gasteiger partial charge in [0.05, 0.1) is 12.5 Å². The molecule has 11 nitrogen and oxygen atoms in total. The second-order valence-corrected chi connectivity index (χ2v) is 7.58. The van der Waals surface area contributed by atoms with Crippen molar-refractivity contribution in [1.82, 2.24) is 16.0 Å². The van der Waals surface area contributed by atoms with Crippen molar-refractivity contribution in [2.24, 2.45) is 17.4 Å². The third-order valence-corrected chi connectivity index (χ3v) is 4.90. The van der Waals surface area contributed by atoms with Crippen LogP contribution in [0.15, 0.2) is 0 Å². The van der Waals surface area contributed by atoms with Gasteiger partial charge in [-0.2, -0.15) is 11.8 Å². The Balaban J connectivity index is 5.25. The fraction of sp³-hybridized carbons (Fsp3) is 0.706. The second kappa shape index (κ2) is 13.8. The molecular weight excluding hydrogens is 402 g/mol. The zero-order chi connectivity index (χ0) is 22.6. The summed E-state index contributed by atoms with van der Waals surface area (Å²) in [5.74, 6) is -3.75. The number of carbonyl (C=O) groups excluding carboxylic acids is 4. The van der Waals surface area contributed by atoms with Gasteiger partial charge >= 0.3 is 5.97 Å². The summed E-state index contributed by atoms with van der Waals surface area (Å²) in [5, 5.41) is 15.7. The van der Waals surface area contributed by atoms with Gasteiger partial charge in [0, 0.05) is 0 Å². The molecule has 29 heavy (non-hydrogen) atoms. The molecule has 0 bridgehead atoms. The molecule has 0 aromatic heterocycles. The minimum Gasteiger partial charge on any atom is -0.480 e. The zero-order valence-electron chi connectivity index (χ0n) is 16.9. The summed E-state index contributed by atoms with van der Waals surface area (Å²) < 4.78 is 0. The summed E-state index contributed by atoms with van der Waals surface area (Å²) in [6, 6.07) is -3.14. The topological polar surface area (TPSA) is 194 Å². The number of amides is 4. The molecule has 0 rings (SSSR count). The lowest BCUT2D eigenvalue weighted by Crippen LogP contribution is -2.57. The molecule has 4 amide bonds. The minimum atomic E-state index is -1.36. The highest BCUT2D eigenvalue weighted by Crippen LogP contribution is 2.08. The van der Waals surface area contributed by atoms with Gasteiger partial charge in [0.1, 0.15) is 18.6 Å². The number of carboxylic acids is 1. The lowest BCUT2D eigenvalue weighted by atomic mass is 9.99. The summed E-state index contributed by atoms with van der Waals surface area (Å²) in [5.41, 5.74) is 11.0. The van der Waals surface area contributed by atoms with Gasteiger partial charge in [-0.25, -0.2) is 0 Å². The Morgan fingerprint density at radius 2 is 1.62 bits per heavy atom. The molecule has 0 heterocycles. The van der Waals surface area contributed by atoms with Crippen molar-refractivity contribution in [3.8, 4) is 0 Å². The van der Waals surface area contributed by atoms with E-state index in [0.29, 0.717) is 12.2 Å². The van der Waals surface area contributed by atoms with Gasteiger partial charge in [0.2, 0.25) is 23.6 Å². The van der Waals surface area contributed by atoms with Gasteiger partial charge in [-0.15, -0.1) is 0 Å². The number of rotatable bonds is 14. The van der Waals surface area contributed by atoms with Gasteiger partial charge in [0.25, 0.3) is 0 Å². The van der Waals surface area contributed by atoms with E-state index in [4.69, 9.17) is 16.6 Å². The molecule has 0 radical (unpaired) electrons. The van der Waals surface area contributed by atoms with Crippen LogP contribution in [0.3, 0.4) is 0 Å². The Kier molecular flexibility index (Phi) is 12.7. The fourth-order valence-electron chi connectivity index (χ4n) is 2.25. The Bertz CT molecular complexity index is 603. The van der Waals surface area contributed by atoms with Crippen LogP contribution in [-0.4, -0.2) is 71.4 Å². The van der Waals surface area contributed by atoms with Gasteiger partial charge < -0.3 is 32.5 Å². The fourth-order valence-corrected chi connectivity index (χ4v) is 2.72. The molecule has 8 N–H and O–H groups in total. The number of carboxylic acid groups (broad SMARTS) is 1. The molecule has 12 heteroatoms. The second-order valence-electron chi connectivity index (χ2n) is 6.60. The highest BCUT2D eigenvalue weighted by atomic mass is 32.2. The molecule has 0 aliphatic carbocycles. The molecule has 0 aromatic rings. The van der Waals surface area contributed by atoms with E-state index in [-0.39, 0.29) is 12.3 Å². The maximum Gasteiger partial charge on any atom is 0.322 e. The van der Waals surface area contributed by atoms with Crippen LogP contribution in [0.2, 0.25) is 0 Å². The Hall–Kier alpha value is -2.34. The average molecular weight is 434 g/mol. The van der Waals surface area contributed by atoms with Crippen molar-refractivity contribution < 1.29 is 29.1 Å². The molecule has 0 aliphatic rings. The molecule has 0 saturated heterocycles. The standard InChI is InChI=1S/C17H31N5O6S/c1-4-9(2)14(19)17(28)21-10(5-6-29-3)16(27)22-11(7-12(18)23)15(26)20-8-13(24)25/h9-11,14H,4-8,19H2,1-3H3,(H2,18,23)(H,20,26)(H,21,28)(H,22,27)(H,24,25). The number of primary amides is 1. The predicted octanol–water partition coefficient (Wildman–Crippen LogP) is -1.84. The van der Waals surface area contributed by atoms with E-state index < -0.39 is 60.7 Å². The molecule has 4 unspecified atom stereocenters. The maximum atomic E-state index is 12.7. The van der Waals surface area contributed by atoms with E-state index in [1.165, 1.54) is 11.8 Å². The summed E-state index contributed by atoms with van der Waals surface area (Å²) in [6.45, 7) is 3.02. The van der Waals surface area contributed by atoms with Crippen molar-refractivity contribution in [3.63, 3.8) is 0 Å². The molecule has 4 atom stereocenters. The highest BCUT2D eigenvalue weighted by molar-refractivity contribution is 7.98. The van der Waals surface area contributed by atoms with Crippen LogP contribution in [0.1, 0.15) is 33.1 Å². The zero-order valence-corrected chi connectivity index (χ0v) is 17.7. The smallest absolute Gasteiger partial charge is 0.322 e. The third-order valence-electron chi connectivity index (χ3n) is 4.26. The number of nitrogens with one attached hydrogen (secondary N) is 3. The van der Waals surface area contributed by atoms with Crippen LogP contribution in [0.25, 0.3) is 0 Å². The Morgan fingerprint density at radius 3 is 2.10 bits per heavy atom. The largest absolute Gasteiger partial charge is 0.480 e. The van der Waals surface area contributed by atoms with E-state index in [9.17, 15) is 24.0 Å². The van der Waals surface area contributed by atoms with Crippen LogP contribution in [0.5, 0.6) is 0 Å². The molecule has 0 saturated carbocycles. The lowest BCUT2D eigenvalue weighted by Gasteiger charge is -2.25. The molecule has 0 fully saturated rings. The lowest BCUT2D eigenvalue weighted by molar-refractivity contribution is -0.138. The molecule has 0 aromatic carbocycles. The normalized spacial score (nSPS) is 14.8. The third kappa shape index (κ3) is 10.7. The highest BCUT2D eigenvalue weighted by Gasteiger charge is 2.29. The van der Waals surface area contributed by atoms with E-state index in [2.05, 4.69) is 16.0 Å². The number of carbonyl (C=O) groups is 5. The first-order valence-corrected chi connectivity index (χ1v) is 10.6. The van der Waals surface area contributed by atoms with Gasteiger partial charge in [-0.05, 0) is 24.3 Å². The van der Waals surface area contributed by atoms with Crippen LogP contribution in [-0.2, 0) is 24.0 Å². The van der Waals surface area contributed by atoms with Gasteiger partial charge in [-0.1, -0.05) is 20.3 Å². The van der Waals surface area contributed by atoms with E-state index in [1.54, 1.807) is 0 Å². The first kappa shape index (κ1) is 26.7. The van der Waals surface area contributed by atoms with Crippen LogP contribution in [0.4, 0.5) is 0 Å². The molecule has 0 aliphatic heterocycles. The summed E-state index contributed by atoms with van der Waals surface area (Å²) in [7, 11) is 0. The number of thioether (sulfide) groups is 1. The summed E-state index contributed by atoms with van der Waals surface area (Å²) in [4.78, 5) is 59.0.